The van der Waals surface area contributed by atoms with Crippen LogP contribution in [-0.4, -0.2) is 10.9 Å². The highest BCUT2D eigenvalue weighted by Gasteiger charge is 2.19. The maximum absolute atomic E-state index is 10.8. The Morgan fingerprint density at radius 2 is 1.80 bits per heavy atom. The Morgan fingerprint density at radius 1 is 1.27 bits per heavy atom. The number of nitro groups is 1. The lowest BCUT2D eigenvalue weighted by Crippen LogP contribution is -2.25. The Kier molecular flexibility index (Phi) is 2.74. The number of aromatic carboxylic acids is 1. The molecule has 0 radical (unpaired) electrons. The number of benzene rings is 1. The number of nitro benzene ring substituents is 1. The molecule has 15 heavy (non-hydrogen) atoms. The first-order chi connectivity index (χ1) is 6.86. The van der Waals surface area contributed by atoms with E-state index in [9.17, 15) is 20.0 Å². The second-order valence-corrected chi connectivity index (χ2v) is 3.40. The summed E-state index contributed by atoms with van der Waals surface area (Å²) in [5.74, 6) is -1.38. The zero-order valence-electron chi connectivity index (χ0n) is 8.66. The Bertz CT molecular complexity index is 413. The number of carbonyl (C=O) groups is 1. The molecule has 0 heterocycles. The van der Waals surface area contributed by atoms with Crippen LogP contribution in [-0.2, 0) is 0 Å². The third kappa shape index (κ3) is 1.81. The minimum atomic E-state index is -1.38. The Hall–Kier alpha value is -1.91. The van der Waals surface area contributed by atoms with Crippen molar-refractivity contribution in [2.45, 2.75) is 20.8 Å². The molecule has 80 valence electrons. The topological polar surface area (TPSA) is 83.3 Å². The molecule has 1 aromatic rings. The smallest absolute Gasteiger partial charge is 0.275 e. The van der Waals surface area contributed by atoms with Gasteiger partial charge in [0.05, 0.1) is 10.9 Å². The number of carboxylic acids is 1. The lowest BCUT2D eigenvalue weighted by molar-refractivity contribution is -0.386. The van der Waals surface area contributed by atoms with Gasteiger partial charge < -0.3 is 9.90 Å². The van der Waals surface area contributed by atoms with Gasteiger partial charge in [0, 0.05) is 16.7 Å². The molecule has 0 saturated carbocycles. The summed E-state index contributed by atoms with van der Waals surface area (Å²) in [4.78, 5) is 20.9. The van der Waals surface area contributed by atoms with Crippen molar-refractivity contribution in [3.8, 4) is 0 Å². The molecule has 0 aromatic heterocycles. The van der Waals surface area contributed by atoms with Gasteiger partial charge in [0.15, 0.2) is 0 Å². The zero-order valence-corrected chi connectivity index (χ0v) is 8.66. The van der Waals surface area contributed by atoms with Crippen molar-refractivity contribution in [2.75, 3.05) is 0 Å². The molecule has 5 nitrogen and oxygen atoms in total. The minimum absolute atomic E-state index is 0.0905. The molecule has 0 atom stereocenters. The van der Waals surface area contributed by atoms with Crippen LogP contribution in [0.3, 0.4) is 0 Å². The Morgan fingerprint density at radius 3 is 2.20 bits per heavy atom. The highest BCUT2D eigenvalue weighted by Crippen LogP contribution is 2.28. The molecule has 0 fully saturated rings. The van der Waals surface area contributed by atoms with Crippen molar-refractivity contribution in [3.05, 3.63) is 38.4 Å². The highest BCUT2D eigenvalue weighted by molar-refractivity contribution is 5.91. The van der Waals surface area contributed by atoms with E-state index in [0.717, 1.165) is 0 Å². The average molecular weight is 208 g/mol. The molecule has 0 spiro atoms. The molecule has 0 aliphatic heterocycles. The van der Waals surface area contributed by atoms with Crippen LogP contribution < -0.4 is 5.11 Å². The van der Waals surface area contributed by atoms with Crippen LogP contribution in [0.2, 0.25) is 0 Å². The number of nitrogens with zero attached hydrogens (tertiary/aromatic N) is 1. The van der Waals surface area contributed by atoms with Gasteiger partial charge in [0.25, 0.3) is 5.69 Å². The summed E-state index contributed by atoms with van der Waals surface area (Å²) in [7, 11) is 0. The maximum atomic E-state index is 10.8. The molecule has 1 aromatic carbocycles. The maximum Gasteiger partial charge on any atom is 0.275 e. The number of carbonyl (C=O) groups excluding carboxylic acids is 1. The molecule has 0 amide bonds. The fourth-order valence-corrected chi connectivity index (χ4v) is 1.77. The molecular weight excluding hydrogens is 198 g/mol. The first-order valence-corrected chi connectivity index (χ1v) is 4.32. The second kappa shape index (κ2) is 3.68. The largest absolute Gasteiger partial charge is 0.545 e. The number of hydrogen-bond acceptors (Lipinski definition) is 4. The van der Waals surface area contributed by atoms with Gasteiger partial charge in [-0.05, 0) is 32.4 Å². The quantitative estimate of drug-likeness (QED) is 0.533. The summed E-state index contributed by atoms with van der Waals surface area (Å²) < 4.78 is 0. The van der Waals surface area contributed by atoms with Crippen molar-refractivity contribution in [2.24, 2.45) is 0 Å². The van der Waals surface area contributed by atoms with Crippen molar-refractivity contribution >= 4 is 11.7 Å². The molecule has 0 saturated heterocycles. The van der Waals surface area contributed by atoms with Crippen LogP contribution in [0.15, 0.2) is 6.07 Å². The van der Waals surface area contributed by atoms with Gasteiger partial charge >= 0.3 is 0 Å². The molecule has 0 aliphatic carbocycles. The van der Waals surface area contributed by atoms with Crippen molar-refractivity contribution in [3.63, 3.8) is 0 Å². The van der Waals surface area contributed by atoms with Crippen LogP contribution in [0, 0.1) is 30.9 Å². The average Bonchev–Trinajstić information content (AvgIpc) is 1.99. The molecule has 0 aliphatic rings. The van der Waals surface area contributed by atoms with Gasteiger partial charge in [0.2, 0.25) is 0 Å². The summed E-state index contributed by atoms with van der Waals surface area (Å²) in [5, 5.41) is 21.5. The normalized spacial score (nSPS) is 10.1. The van der Waals surface area contributed by atoms with E-state index in [4.69, 9.17) is 0 Å². The molecule has 5 heteroatoms. The van der Waals surface area contributed by atoms with Gasteiger partial charge in [-0.3, -0.25) is 10.1 Å². The van der Waals surface area contributed by atoms with Gasteiger partial charge in [-0.15, -0.1) is 0 Å². The van der Waals surface area contributed by atoms with Crippen molar-refractivity contribution < 1.29 is 14.8 Å². The summed E-state index contributed by atoms with van der Waals surface area (Å²) in [5.41, 5.74) is 0.847. The first kappa shape index (κ1) is 11.2. The fraction of sp³-hybridized carbons (Fsp3) is 0.300. The van der Waals surface area contributed by atoms with Gasteiger partial charge in [0.1, 0.15) is 0 Å². The molecule has 1 rings (SSSR count). The van der Waals surface area contributed by atoms with Crippen molar-refractivity contribution in [1.82, 2.24) is 0 Å². The lowest BCUT2D eigenvalue weighted by Gasteiger charge is -2.12. The summed E-state index contributed by atoms with van der Waals surface area (Å²) in [6.07, 6.45) is 0. The fourth-order valence-electron chi connectivity index (χ4n) is 1.77. The molecular formula is C10H10NO4-. The molecule has 0 unspecified atom stereocenters. The monoisotopic (exact) mass is 208 g/mol. The van der Waals surface area contributed by atoms with Crippen molar-refractivity contribution in [1.29, 1.82) is 0 Å². The predicted octanol–water partition coefficient (Wildman–Crippen LogP) is 0.884. The summed E-state index contributed by atoms with van der Waals surface area (Å²) in [6, 6.07) is 1.48. The summed E-state index contributed by atoms with van der Waals surface area (Å²) >= 11 is 0. The van der Waals surface area contributed by atoms with E-state index < -0.39 is 10.9 Å². The van der Waals surface area contributed by atoms with Crippen LogP contribution >= 0.6 is 0 Å². The summed E-state index contributed by atoms with van der Waals surface area (Å²) in [6.45, 7) is 4.59. The highest BCUT2D eigenvalue weighted by atomic mass is 16.6. The third-order valence-electron chi connectivity index (χ3n) is 2.32. The van der Waals surface area contributed by atoms with Gasteiger partial charge in [-0.2, -0.15) is 0 Å². The number of hydrogen-bond donors (Lipinski definition) is 0. The van der Waals surface area contributed by atoms with E-state index in [1.165, 1.54) is 13.0 Å². The third-order valence-corrected chi connectivity index (χ3v) is 2.32. The number of aryl methyl sites for hydroxylation is 2. The number of carboxylic acid groups (broad SMARTS) is 1. The zero-order chi connectivity index (χ0) is 11.7. The van der Waals surface area contributed by atoms with Gasteiger partial charge in [-0.1, -0.05) is 0 Å². The van der Waals surface area contributed by atoms with Crippen LogP contribution in [0.4, 0.5) is 5.69 Å². The molecule has 0 bridgehead atoms. The first-order valence-electron chi connectivity index (χ1n) is 4.32. The lowest BCUT2D eigenvalue weighted by atomic mass is 9.97. The molecule has 0 N–H and O–H groups in total. The van der Waals surface area contributed by atoms with Crippen LogP contribution in [0.1, 0.15) is 27.0 Å². The Balaban J connectivity index is 3.64. The van der Waals surface area contributed by atoms with Gasteiger partial charge in [-0.25, -0.2) is 0 Å². The van der Waals surface area contributed by atoms with E-state index in [0.29, 0.717) is 11.1 Å². The van der Waals surface area contributed by atoms with E-state index in [1.807, 2.05) is 0 Å². The van der Waals surface area contributed by atoms with Crippen LogP contribution in [0.5, 0.6) is 0 Å². The number of rotatable bonds is 2. The van der Waals surface area contributed by atoms with Crippen LogP contribution in [0.25, 0.3) is 0 Å². The van der Waals surface area contributed by atoms with E-state index in [1.54, 1.807) is 13.8 Å². The van der Waals surface area contributed by atoms with E-state index >= 15 is 0 Å². The standard InChI is InChI=1S/C10H11NO4/c1-5-4-6(2)9(11(14)15)7(3)8(5)10(12)13/h4H,1-3H3,(H,12,13)/p-1. The SMILES string of the molecule is Cc1cc(C)c([N+](=O)[O-])c(C)c1C(=O)[O-]. The second-order valence-electron chi connectivity index (χ2n) is 3.40. The minimum Gasteiger partial charge on any atom is -0.545 e. The van der Waals surface area contributed by atoms with E-state index in [2.05, 4.69) is 0 Å². The van der Waals surface area contributed by atoms with E-state index in [-0.39, 0.29) is 16.8 Å². The predicted molar refractivity (Wildman–Crippen MR) is 51.6 cm³/mol. The Labute approximate surface area is 86.5 Å².